The Morgan fingerprint density at radius 2 is 2.30 bits per heavy atom. The molecule has 2 rings (SSSR count). The molecule has 0 saturated heterocycles. The highest BCUT2D eigenvalue weighted by molar-refractivity contribution is 7.91. The molecule has 108 valence electrons. The van der Waals surface area contributed by atoms with Crippen molar-refractivity contribution in [1.29, 1.82) is 0 Å². The first-order valence-corrected chi connectivity index (χ1v) is 7.68. The Kier molecular flexibility index (Phi) is 4.42. The van der Waals surface area contributed by atoms with Crippen molar-refractivity contribution in [1.82, 2.24) is 19.8 Å². The molecule has 9 nitrogen and oxygen atoms in total. The van der Waals surface area contributed by atoms with Crippen LogP contribution in [0, 0.1) is 0 Å². The van der Waals surface area contributed by atoms with Crippen LogP contribution < -0.4 is 4.72 Å². The Hall–Kier alpha value is -1.85. The first kappa shape index (κ1) is 14.6. The predicted octanol–water partition coefficient (Wildman–Crippen LogP) is -0.166. The SMILES string of the molecule is COC(=O)c1ncsc1S(=O)(=O)NCCc1ncno1. The molecule has 11 heteroatoms. The van der Waals surface area contributed by atoms with Crippen LogP contribution in [0.1, 0.15) is 16.4 Å². The molecule has 0 radical (unpaired) electrons. The molecule has 0 fully saturated rings. The van der Waals surface area contributed by atoms with E-state index in [-0.39, 0.29) is 22.9 Å². The Balaban J connectivity index is 2.07. The quantitative estimate of drug-likeness (QED) is 0.728. The molecule has 0 aliphatic heterocycles. The highest BCUT2D eigenvalue weighted by Gasteiger charge is 2.26. The Bertz CT molecular complexity index is 679. The number of hydrogen-bond acceptors (Lipinski definition) is 9. The zero-order valence-corrected chi connectivity index (χ0v) is 11.9. The van der Waals surface area contributed by atoms with Crippen LogP contribution in [0.5, 0.6) is 0 Å². The van der Waals surface area contributed by atoms with Gasteiger partial charge in [-0.05, 0) is 0 Å². The number of nitrogens with one attached hydrogen (secondary N) is 1. The fourth-order valence-corrected chi connectivity index (χ4v) is 3.53. The number of carbonyl (C=O) groups is 1. The van der Waals surface area contributed by atoms with Crippen LogP contribution in [0.3, 0.4) is 0 Å². The molecular weight excluding hydrogens is 308 g/mol. The van der Waals surface area contributed by atoms with Crippen LogP contribution in [-0.2, 0) is 21.2 Å². The number of thiazole rings is 1. The molecule has 2 aromatic heterocycles. The van der Waals surface area contributed by atoms with Crippen molar-refractivity contribution in [3.8, 4) is 0 Å². The molecule has 1 N–H and O–H groups in total. The van der Waals surface area contributed by atoms with Crippen LogP contribution >= 0.6 is 11.3 Å². The largest absolute Gasteiger partial charge is 0.464 e. The van der Waals surface area contributed by atoms with Gasteiger partial charge in [-0.1, -0.05) is 5.16 Å². The highest BCUT2D eigenvalue weighted by Crippen LogP contribution is 2.20. The van der Waals surface area contributed by atoms with Crippen LogP contribution in [-0.4, -0.2) is 43.2 Å². The molecule has 0 aliphatic carbocycles. The van der Waals surface area contributed by atoms with Gasteiger partial charge in [0.05, 0.1) is 12.6 Å². The smallest absolute Gasteiger partial charge is 0.358 e. The number of hydrogen-bond donors (Lipinski definition) is 1. The minimum atomic E-state index is -3.84. The number of sulfonamides is 1. The summed E-state index contributed by atoms with van der Waals surface area (Å²) in [6.07, 6.45) is 1.47. The van der Waals surface area contributed by atoms with Gasteiger partial charge in [0, 0.05) is 13.0 Å². The lowest BCUT2D eigenvalue weighted by Gasteiger charge is -2.04. The molecule has 0 atom stereocenters. The van der Waals surface area contributed by atoms with Crippen molar-refractivity contribution in [2.24, 2.45) is 0 Å². The summed E-state index contributed by atoms with van der Waals surface area (Å²) in [4.78, 5) is 18.9. The van der Waals surface area contributed by atoms with Crippen LogP contribution in [0.15, 0.2) is 20.6 Å². The van der Waals surface area contributed by atoms with E-state index in [0.717, 1.165) is 18.4 Å². The van der Waals surface area contributed by atoms with Crippen molar-refractivity contribution in [3.05, 3.63) is 23.4 Å². The first-order valence-electron chi connectivity index (χ1n) is 5.31. The molecule has 2 heterocycles. The van der Waals surface area contributed by atoms with E-state index in [9.17, 15) is 13.2 Å². The van der Waals surface area contributed by atoms with Gasteiger partial charge in [-0.3, -0.25) is 0 Å². The van der Waals surface area contributed by atoms with E-state index >= 15 is 0 Å². The lowest BCUT2D eigenvalue weighted by atomic mass is 10.4. The van der Waals surface area contributed by atoms with Gasteiger partial charge in [-0.15, -0.1) is 11.3 Å². The molecule has 0 bridgehead atoms. The minimum absolute atomic E-state index is 0.0586. The van der Waals surface area contributed by atoms with E-state index in [1.54, 1.807) is 0 Å². The topological polar surface area (TPSA) is 124 Å². The van der Waals surface area contributed by atoms with Gasteiger partial charge in [-0.2, -0.15) is 4.98 Å². The van der Waals surface area contributed by atoms with Gasteiger partial charge >= 0.3 is 5.97 Å². The summed E-state index contributed by atoms with van der Waals surface area (Å²) in [6.45, 7) is 0.0586. The van der Waals surface area contributed by atoms with Gasteiger partial charge in [0.25, 0.3) is 10.0 Å². The Labute approximate surface area is 118 Å². The van der Waals surface area contributed by atoms with E-state index in [1.165, 1.54) is 11.8 Å². The van der Waals surface area contributed by atoms with Gasteiger partial charge < -0.3 is 9.26 Å². The fourth-order valence-electron chi connectivity index (χ4n) is 1.32. The van der Waals surface area contributed by atoms with E-state index < -0.39 is 16.0 Å². The molecule has 0 spiro atoms. The van der Waals surface area contributed by atoms with Gasteiger partial charge in [0.15, 0.2) is 16.2 Å². The summed E-state index contributed by atoms with van der Waals surface area (Å²) in [7, 11) is -2.69. The standard InChI is InChI=1S/C9H10N4O5S2/c1-17-8(14)7-9(19-5-11-7)20(15,16)13-3-2-6-10-4-12-18-6/h4-5,13H,2-3H2,1H3. The van der Waals surface area contributed by atoms with Crippen LogP contribution in [0.25, 0.3) is 0 Å². The monoisotopic (exact) mass is 318 g/mol. The van der Waals surface area contributed by atoms with Crippen LogP contribution in [0.2, 0.25) is 0 Å². The maximum Gasteiger partial charge on any atom is 0.358 e. The number of aromatic nitrogens is 3. The summed E-state index contributed by atoms with van der Waals surface area (Å²) >= 11 is 0.834. The van der Waals surface area contributed by atoms with Crippen molar-refractivity contribution in [2.75, 3.05) is 13.7 Å². The Morgan fingerprint density at radius 3 is 2.95 bits per heavy atom. The summed E-state index contributed by atoms with van der Waals surface area (Å²) in [6, 6.07) is 0. The number of ether oxygens (including phenoxy) is 1. The maximum absolute atomic E-state index is 12.0. The van der Waals surface area contributed by atoms with Gasteiger partial charge in [0.2, 0.25) is 5.89 Å². The Morgan fingerprint density at radius 1 is 1.50 bits per heavy atom. The molecule has 0 amide bonds. The molecule has 0 aliphatic rings. The fraction of sp³-hybridized carbons (Fsp3) is 0.333. The second-order valence-corrected chi connectivity index (χ2v) is 6.28. The second kappa shape index (κ2) is 6.07. The zero-order chi connectivity index (χ0) is 14.6. The predicted molar refractivity (Wildman–Crippen MR) is 66.6 cm³/mol. The third-order valence-electron chi connectivity index (χ3n) is 2.20. The van der Waals surface area contributed by atoms with Gasteiger partial charge in [0.1, 0.15) is 0 Å². The summed E-state index contributed by atoms with van der Waals surface area (Å²) < 4.78 is 35.4. The average molecular weight is 318 g/mol. The third kappa shape index (κ3) is 3.18. The number of methoxy groups -OCH3 is 1. The van der Waals surface area contributed by atoms with E-state index in [1.807, 2.05) is 0 Å². The summed E-state index contributed by atoms with van der Waals surface area (Å²) in [5.74, 6) is -0.492. The molecule has 0 aromatic carbocycles. The lowest BCUT2D eigenvalue weighted by Crippen LogP contribution is -2.27. The number of esters is 1. The average Bonchev–Trinajstić information content (AvgIpc) is 3.08. The zero-order valence-electron chi connectivity index (χ0n) is 10.3. The molecule has 20 heavy (non-hydrogen) atoms. The summed E-state index contributed by atoms with van der Waals surface area (Å²) in [5, 5.41) is 3.40. The van der Waals surface area contributed by atoms with Crippen molar-refractivity contribution in [2.45, 2.75) is 10.6 Å². The maximum atomic E-state index is 12.0. The number of rotatable bonds is 6. The number of carbonyl (C=O) groups excluding carboxylic acids is 1. The van der Waals surface area contributed by atoms with E-state index in [4.69, 9.17) is 4.52 Å². The van der Waals surface area contributed by atoms with Crippen molar-refractivity contribution < 1.29 is 22.5 Å². The third-order valence-corrected chi connectivity index (χ3v) is 5.03. The first-order chi connectivity index (χ1) is 9.54. The lowest BCUT2D eigenvalue weighted by molar-refractivity contribution is 0.0590. The van der Waals surface area contributed by atoms with E-state index in [0.29, 0.717) is 5.89 Å². The van der Waals surface area contributed by atoms with Crippen molar-refractivity contribution in [3.63, 3.8) is 0 Å². The summed E-state index contributed by atoms with van der Waals surface area (Å²) in [5.41, 5.74) is 1.03. The van der Waals surface area contributed by atoms with E-state index in [2.05, 4.69) is 24.6 Å². The normalized spacial score (nSPS) is 11.4. The molecular formula is C9H10N4O5S2. The van der Waals surface area contributed by atoms with Gasteiger partial charge in [-0.25, -0.2) is 22.9 Å². The minimum Gasteiger partial charge on any atom is -0.464 e. The molecule has 0 saturated carbocycles. The second-order valence-electron chi connectivity index (χ2n) is 3.46. The van der Waals surface area contributed by atoms with Crippen molar-refractivity contribution >= 4 is 27.3 Å². The molecule has 0 unspecified atom stereocenters. The molecule has 2 aromatic rings. The number of nitrogens with zero attached hydrogens (tertiary/aromatic N) is 3. The highest BCUT2D eigenvalue weighted by atomic mass is 32.2. The van der Waals surface area contributed by atoms with Crippen LogP contribution in [0.4, 0.5) is 0 Å².